The Morgan fingerprint density at radius 2 is 1.89 bits per heavy atom. The molecule has 0 aliphatic carbocycles. The van der Waals surface area contributed by atoms with Gasteiger partial charge in [-0.1, -0.05) is 36.4 Å². The van der Waals surface area contributed by atoms with Crippen LogP contribution >= 0.6 is 0 Å². The van der Waals surface area contributed by atoms with Crippen LogP contribution in [0.25, 0.3) is 0 Å². The molecule has 27 heavy (non-hydrogen) atoms. The van der Waals surface area contributed by atoms with Gasteiger partial charge >= 0.3 is 6.09 Å². The van der Waals surface area contributed by atoms with E-state index in [1.807, 2.05) is 54.3 Å². The quantitative estimate of drug-likeness (QED) is 0.894. The minimum atomic E-state index is -0.924. The van der Waals surface area contributed by atoms with Crippen LogP contribution in [0.1, 0.15) is 48.9 Å². The van der Waals surface area contributed by atoms with Gasteiger partial charge in [0.25, 0.3) is 0 Å². The molecule has 2 bridgehead atoms. The Morgan fingerprint density at radius 3 is 2.52 bits per heavy atom. The average molecular weight is 366 g/mol. The molecular weight excluding hydrogens is 340 g/mol. The first-order valence-electron chi connectivity index (χ1n) is 9.70. The zero-order valence-electron chi connectivity index (χ0n) is 15.7. The number of fused-ring (bicyclic) bond motifs is 2. The third-order valence-electron chi connectivity index (χ3n) is 5.87. The monoisotopic (exact) mass is 366 g/mol. The second-order valence-electron chi connectivity index (χ2n) is 7.81. The summed E-state index contributed by atoms with van der Waals surface area (Å²) in [6.07, 6.45) is 5.46. The molecule has 2 atom stereocenters. The molecule has 4 rings (SSSR count). The molecule has 1 N–H and O–H groups in total. The number of aromatic nitrogens is 1. The molecule has 2 aliphatic heterocycles. The molecule has 2 fully saturated rings. The molecule has 0 radical (unpaired) electrons. The summed E-state index contributed by atoms with van der Waals surface area (Å²) < 4.78 is 5.59. The number of hydrogen-bond donors (Lipinski definition) is 1. The van der Waals surface area contributed by atoms with Gasteiger partial charge in [-0.25, -0.2) is 4.79 Å². The van der Waals surface area contributed by atoms with E-state index in [1.54, 1.807) is 6.20 Å². The van der Waals surface area contributed by atoms with Crippen molar-refractivity contribution in [2.24, 2.45) is 0 Å². The maximum atomic E-state index is 12.8. The van der Waals surface area contributed by atoms with Crippen molar-refractivity contribution in [3.63, 3.8) is 0 Å². The Kier molecular flexibility index (Phi) is 4.87. The number of aliphatic hydroxyl groups is 1. The lowest BCUT2D eigenvalue weighted by Gasteiger charge is -2.51. The summed E-state index contributed by atoms with van der Waals surface area (Å²) in [5, 5.41) is 11.3. The lowest BCUT2D eigenvalue weighted by molar-refractivity contribution is -0.0897. The van der Waals surface area contributed by atoms with Gasteiger partial charge in [-0.2, -0.15) is 0 Å². The number of hydrogen-bond acceptors (Lipinski definition) is 4. The van der Waals surface area contributed by atoms with Crippen LogP contribution in [0.15, 0.2) is 48.7 Å². The van der Waals surface area contributed by atoms with Crippen molar-refractivity contribution in [2.75, 3.05) is 0 Å². The van der Waals surface area contributed by atoms with Gasteiger partial charge in [0.05, 0.1) is 5.60 Å². The maximum absolute atomic E-state index is 12.8. The minimum absolute atomic E-state index is 0.00655. The summed E-state index contributed by atoms with van der Waals surface area (Å²) in [4.78, 5) is 19.0. The van der Waals surface area contributed by atoms with Gasteiger partial charge < -0.3 is 14.7 Å². The summed E-state index contributed by atoms with van der Waals surface area (Å²) in [6.45, 7) is 2.22. The predicted molar refractivity (Wildman–Crippen MR) is 102 cm³/mol. The highest BCUT2D eigenvalue weighted by Gasteiger charge is 2.48. The third-order valence-corrected chi connectivity index (χ3v) is 5.87. The number of piperidine rings is 2. The fourth-order valence-electron chi connectivity index (χ4n) is 4.50. The number of amides is 1. The van der Waals surface area contributed by atoms with E-state index >= 15 is 0 Å². The Balaban J connectivity index is 1.48. The van der Waals surface area contributed by atoms with Crippen LogP contribution in [0.2, 0.25) is 0 Å². The third kappa shape index (κ3) is 3.69. The summed E-state index contributed by atoms with van der Waals surface area (Å²) in [7, 11) is 0. The van der Waals surface area contributed by atoms with Crippen molar-refractivity contribution in [2.45, 2.75) is 63.3 Å². The molecule has 142 valence electrons. The van der Waals surface area contributed by atoms with Crippen LogP contribution in [-0.2, 0) is 16.9 Å². The summed E-state index contributed by atoms with van der Waals surface area (Å²) in [5.41, 5.74) is 1.84. The van der Waals surface area contributed by atoms with E-state index < -0.39 is 5.60 Å². The van der Waals surface area contributed by atoms with E-state index in [0.717, 1.165) is 36.1 Å². The van der Waals surface area contributed by atoms with Gasteiger partial charge in [0, 0.05) is 42.4 Å². The Hall–Kier alpha value is -2.40. The van der Waals surface area contributed by atoms with E-state index in [-0.39, 0.29) is 24.8 Å². The fraction of sp³-hybridized carbons (Fsp3) is 0.455. The number of ether oxygens (including phenoxy) is 1. The first kappa shape index (κ1) is 18.0. The Bertz CT molecular complexity index is 777. The van der Waals surface area contributed by atoms with Gasteiger partial charge in [-0.15, -0.1) is 0 Å². The molecule has 5 heteroatoms. The number of carbonyl (C=O) groups is 1. The highest BCUT2D eigenvalue weighted by Crippen LogP contribution is 2.44. The van der Waals surface area contributed by atoms with Gasteiger partial charge in [0.2, 0.25) is 0 Å². The van der Waals surface area contributed by atoms with E-state index in [1.165, 1.54) is 0 Å². The molecular formula is C22H26N2O3. The first-order valence-corrected chi connectivity index (χ1v) is 9.70. The second kappa shape index (κ2) is 7.31. The highest BCUT2D eigenvalue weighted by atomic mass is 16.6. The SMILES string of the molecule is Cc1ccc(C2(O)CC3CCCC(C2)N3C(=O)OCc2ccccc2)cn1. The predicted octanol–water partition coefficient (Wildman–Crippen LogP) is 3.93. The zero-order chi connectivity index (χ0) is 18.9. The molecule has 2 unspecified atom stereocenters. The second-order valence-corrected chi connectivity index (χ2v) is 7.81. The van der Waals surface area contributed by atoms with E-state index in [4.69, 9.17) is 4.74 Å². The van der Waals surface area contributed by atoms with Crippen molar-refractivity contribution >= 4 is 6.09 Å². The van der Waals surface area contributed by atoms with Crippen molar-refractivity contribution in [1.82, 2.24) is 9.88 Å². The Labute approximate surface area is 160 Å². The lowest BCUT2D eigenvalue weighted by Crippen LogP contribution is -2.58. The topological polar surface area (TPSA) is 62.7 Å². The van der Waals surface area contributed by atoms with Gasteiger partial charge in [0.15, 0.2) is 0 Å². The highest BCUT2D eigenvalue weighted by molar-refractivity contribution is 5.69. The molecule has 0 saturated carbocycles. The van der Waals surface area contributed by atoms with Crippen LogP contribution in [-0.4, -0.2) is 33.2 Å². The average Bonchev–Trinajstić information content (AvgIpc) is 2.67. The summed E-state index contributed by atoms with van der Waals surface area (Å²) in [6, 6.07) is 13.6. The van der Waals surface area contributed by atoms with Crippen LogP contribution in [0.4, 0.5) is 4.79 Å². The standard InChI is InChI=1S/C22H26N2O3/c1-16-10-11-18(14-23-16)22(26)12-19-8-5-9-20(13-22)24(19)21(25)27-15-17-6-3-2-4-7-17/h2-4,6-7,10-11,14,19-20,26H,5,8-9,12-13,15H2,1H3. The largest absolute Gasteiger partial charge is 0.445 e. The smallest absolute Gasteiger partial charge is 0.410 e. The van der Waals surface area contributed by atoms with Crippen molar-refractivity contribution in [3.05, 3.63) is 65.5 Å². The molecule has 3 heterocycles. The van der Waals surface area contributed by atoms with E-state index in [2.05, 4.69) is 4.98 Å². The number of aryl methyl sites for hydroxylation is 1. The summed E-state index contributed by atoms with van der Waals surface area (Å²) in [5.74, 6) is 0. The number of rotatable bonds is 3. The number of pyridine rings is 1. The minimum Gasteiger partial charge on any atom is -0.445 e. The Morgan fingerprint density at radius 1 is 1.19 bits per heavy atom. The molecule has 1 aromatic carbocycles. The number of nitrogens with zero attached hydrogens (tertiary/aromatic N) is 2. The molecule has 5 nitrogen and oxygen atoms in total. The van der Waals surface area contributed by atoms with Gasteiger partial charge in [-0.3, -0.25) is 4.98 Å². The molecule has 1 aromatic heterocycles. The van der Waals surface area contributed by atoms with E-state index in [9.17, 15) is 9.90 Å². The molecule has 0 spiro atoms. The number of carbonyl (C=O) groups excluding carboxylic acids is 1. The van der Waals surface area contributed by atoms with Crippen LogP contribution in [0.5, 0.6) is 0 Å². The van der Waals surface area contributed by atoms with Crippen molar-refractivity contribution in [1.29, 1.82) is 0 Å². The van der Waals surface area contributed by atoms with Crippen LogP contribution in [0.3, 0.4) is 0 Å². The summed E-state index contributed by atoms with van der Waals surface area (Å²) >= 11 is 0. The van der Waals surface area contributed by atoms with Gasteiger partial charge in [-0.05, 0) is 37.8 Å². The molecule has 2 aliphatic rings. The van der Waals surface area contributed by atoms with Gasteiger partial charge in [0.1, 0.15) is 6.61 Å². The molecule has 2 aromatic rings. The normalized spacial score (nSPS) is 27.3. The fourth-order valence-corrected chi connectivity index (χ4v) is 4.50. The molecule has 2 saturated heterocycles. The van der Waals surface area contributed by atoms with Crippen molar-refractivity contribution < 1.29 is 14.6 Å². The maximum Gasteiger partial charge on any atom is 0.410 e. The lowest BCUT2D eigenvalue weighted by atomic mass is 9.73. The zero-order valence-corrected chi connectivity index (χ0v) is 15.7. The van der Waals surface area contributed by atoms with Crippen molar-refractivity contribution in [3.8, 4) is 0 Å². The first-order chi connectivity index (χ1) is 13.0. The van der Waals surface area contributed by atoms with Crippen LogP contribution < -0.4 is 0 Å². The molecule has 1 amide bonds. The number of benzene rings is 1. The van der Waals surface area contributed by atoms with Crippen LogP contribution in [0, 0.1) is 6.92 Å². The van der Waals surface area contributed by atoms with E-state index in [0.29, 0.717) is 12.8 Å².